The van der Waals surface area contributed by atoms with Crippen LogP contribution in [0.25, 0.3) is 22.2 Å². The first-order valence-corrected chi connectivity index (χ1v) is 10.0. The van der Waals surface area contributed by atoms with Crippen molar-refractivity contribution in [2.45, 2.75) is 0 Å². The normalized spacial score (nSPS) is 10.6. The van der Waals surface area contributed by atoms with Gasteiger partial charge in [-0.15, -0.1) is 0 Å². The monoisotopic (exact) mass is 426 g/mol. The number of carbonyl (C=O) groups is 2. The van der Waals surface area contributed by atoms with Crippen LogP contribution in [0.3, 0.4) is 0 Å². The lowest BCUT2D eigenvalue weighted by Crippen LogP contribution is -2.35. The number of rotatable bonds is 6. The predicted octanol–water partition coefficient (Wildman–Crippen LogP) is 4.02. The first-order chi connectivity index (χ1) is 15.5. The van der Waals surface area contributed by atoms with Crippen molar-refractivity contribution >= 4 is 28.4 Å². The number of nitrogens with zero attached hydrogens (tertiary/aromatic N) is 3. The second-order valence-electron chi connectivity index (χ2n) is 7.25. The quantitative estimate of drug-likeness (QED) is 0.504. The van der Waals surface area contributed by atoms with Gasteiger partial charge in [-0.1, -0.05) is 24.3 Å². The number of methoxy groups -OCH3 is 1. The summed E-state index contributed by atoms with van der Waals surface area (Å²) in [5, 5.41) is 3.53. The van der Waals surface area contributed by atoms with E-state index in [1.807, 2.05) is 36.4 Å². The summed E-state index contributed by atoms with van der Waals surface area (Å²) < 4.78 is 5.18. The maximum absolute atomic E-state index is 13.3. The minimum absolute atomic E-state index is 0.0999. The van der Waals surface area contributed by atoms with E-state index >= 15 is 0 Å². The lowest BCUT2D eigenvalue weighted by atomic mass is 10.0. The lowest BCUT2D eigenvalue weighted by Gasteiger charge is -2.19. The molecule has 4 rings (SSSR count). The zero-order valence-electron chi connectivity index (χ0n) is 17.8. The number of pyridine rings is 2. The Kier molecular flexibility index (Phi) is 6.07. The van der Waals surface area contributed by atoms with Crippen LogP contribution >= 0.6 is 0 Å². The standard InChI is InChI=1S/C25H22N4O3/c1-29(16-24(30)27-18-6-5-7-19(14-18)32-2)25(31)21-15-23(17-10-12-26-13-11-17)28-22-9-4-3-8-20(21)22/h3-15H,16H2,1-2H3,(H,27,30). The van der Waals surface area contributed by atoms with Gasteiger partial charge in [-0.3, -0.25) is 14.6 Å². The predicted molar refractivity (Wildman–Crippen MR) is 124 cm³/mol. The van der Waals surface area contributed by atoms with E-state index in [1.165, 1.54) is 4.90 Å². The molecular formula is C25H22N4O3. The van der Waals surface area contributed by atoms with Gasteiger partial charge in [0, 0.05) is 42.1 Å². The third-order valence-electron chi connectivity index (χ3n) is 5.00. The molecule has 0 aliphatic rings. The average molecular weight is 426 g/mol. The molecule has 2 amide bonds. The molecule has 2 aromatic carbocycles. The Balaban J connectivity index is 1.59. The van der Waals surface area contributed by atoms with Gasteiger partial charge in [-0.05, 0) is 36.4 Å². The number of hydrogen-bond donors (Lipinski definition) is 1. The molecule has 0 unspecified atom stereocenters. The van der Waals surface area contributed by atoms with Gasteiger partial charge in [0.25, 0.3) is 5.91 Å². The van der Waals surface area contributed by atoms with Crippen molar-refractivity contribution in [3.05, 3.63) is 84.7 Å². The number of para-hydroxylation sites is 1. The number of amides is 2. The van der Waals surface area contributed by atoms with E-state index in [2.05, 4.69) is 10.3 Å². The number of hydrogen-bond acceptors (Lipinski definition) is 5. The molecule has 2 aromatic heterocycles. The fraction of sp³-hybridized carbons (Fsp3) is 0.120. The summed E-state index contributed by atoms with van der Waals surface area (Å²) in [7, 11) is 3.17. The van der Waals surface area contributed by atoms with Crippen LogP contribution in [0.5, 0.6) is 5.75 Å². The molecule has 4 aromatic rings. The maximum Gasteiger partial charge on any atom is 0.254 e. The van der Waals surface area contributed by atoms with Gasteiger partial charge in [0.2, 0.25) is 5.91 Å². The molecule has 0 aliphatic heterocycles. The van der Waals surface area contributed by atoms with Crippen LogP contribution in [0.2, 0.25) is 0 Å². The molecule has 0 saturated carbocycles. The van der Waals surface area contributed by atoms with Gasteiger partial charge in [-0.2, -0.15) is 0 Å². The van der Waals surface area contributed by atoms with E-state index < -0.39 is 0 Å². The molecule has 1 N–H and O–H groups in total. The molecule has 0 spiro atoms. The van der Waals surface area contributed by atoms with Gasteiger partial charge in [-0.25, -0.2) is 4.98 Å². The zero-order chi connectivity index (χ0) is 22.5. The van der Waals surface area contributed by atoms with Crippen LogP contribution in [-0.4, -0.2) is 47.4 Å². The molecule has 7 nitrogen and oxygen atoms in total. The van der Waals surface area contributed by atoms with Crippen molar-refractivity contribution in [3.63, 3.8) is 0 Å². The highest BCUT2D eigenvalue weighted by Gasteiger charge is 2.19. The third-order valence-corrected chi connectivity index (χ3v) is 5.00. The van der Waals surface area contributed by atoms with Crippen LogP contribution in [0.1, 0.15) is 10.4 Å². The second-order valence-corrected chi connectivity index (χ2v) is 7.25. The molecule has 0 atom stereocenters. The maximum atomic E-state index is 13.3. The van der Waals surface area contributed by atoms with Gasteiger partial charge >= 0.3 is 0 Å². The fourth-order valence-corrected chi connectivity index (χ4v) is 3.42. The fourth-order valence-electron chi connectivity index (χ4n) is 3.42. The number of ether oxygens (including phenoxy) is 1. The highest BCUT2D eigenvalue weighted by molar-refractivity contribution is 6.08. The summed E-state index contributed by atoms with van der Waals surface area (Å²) in [6.45, 7) is -0.0999. The summed E-state index contributed by atoms with van der Waals surface area (Å²) in [6, 6.07) is 20.0. The second kappa shape index (κ2) is 9.26. The van der Waals surface area contributed by atoms with Gasteiger partial charge in [0.1, 0.15) is 5.75 Å². The van der Waals surface area contributed by atoms with Crippen LogP contribution in [0.4, 0.5) is 5.69 Å². The smallest absolute Gasteiger partial charge is 0.254 e. The number of benzene rings is 2. The van der Waals surface area contributed by atoms with Crippen molar-refractivity contribution in [3.8, 4) is 17.0 Å². The van der Waals surface area contributed by atoms with Crippen molar-refractivity contribution in [2.75, 3.05) is 26.0 Å². The molecule has 0 fully saturated rings. The largest absolute Gasteiger partial charge is 0.497 e. The summed E-state index contributed by atoms with van der Waals surface area (Å²) in [5.41, 5.74) is 3.32. The average Bonchev–Trinajstić information content (AvgIpc) is 2.83. The molecule has 0 saturated heterocycles. The highest BCUT2D eigenvalue weighted by Crippen LogP contribution is 2.25. The van der Waals surface area contributed by atoms with Crippen molar-refractivity contribution in [1.82, 2.24) is 14.9 Å². The summed E-state index contributed by atoms with van der Waals surface area (Å²) >= 11 is 0. The van der Waals surface area contributed by atoms with Crippen LogP contribution < -0.4 is 10.1 Å². The van der Waals surface area contributed by atoms with E-state index in [0.717, 1.165) is 10.9 Å². The first kappa shape index (κ1) is 21.0. The molecule has 7 heteroatoms. The van der Waals surface area contributed by atoms with Crippen LogP contribution in [0.15, 0.2) is 79.1 Å². The Morgan fingerprint density at radius 1 is 1.00 bits per heavy atom. The summed E-state index contributed by atoms with van der Waals surface area (Å²) in [6.07, 6.45) is 3.37. The van der Waals surface area contributed by atoms with Crippen LogP contribution in [-0.2, 0) is 4.79 Å². The van der Waals surface area contributed by atoms with E-state index in [0.29, 0.717) is 28.2 Å². The van der Waals surface area contributed by atoms with Gasteiger partial charge in [0.05, 0.1) is 30.4 Å². The first-order valence-electron chi connectivity index (χ1n) is 10.0. The third kappa shape index (κ3) is 4.57. The molecular weight excluding hydrogens is 404 g/mol. The zero-order valence-corrected chi connectivity index (χ0v) is 17.8. The Morgan fingerprint density at radius 3 is 2.56 bits per heavy atom. The molecule has 2 heterocycles. The highest BCUT2D eigenvalue weighted by atomic mass is 16.5. The number of carbonyl (C=O) groups excluding carboxylic acids is 2. The Bertz CT molecular complexity index is 1270. The molecule has 0 radical (unpaired) electrons. The molecule has 0 aliphatic carbocycles. The molecule has 160 valence electrons. The number of nitrogens with one attached hydrogen (secondary N) is 1. The van der Waals surface area contributed by atoms with Crippen molar-refractivity contribution in [1.29, 1.82) is 0 Å². The summed E-state index contributed by atoms with van der Waals surface area (Å²) in [5.74, 6) is 0.0700. The number of anilines is 1. The SMILES string of the molecule is COc1cccc(NC(=O)CN(C)C(=O)c2cc(-c3ccncc3)nc3ccccc23)c1. The van der Waals surface area contributed by atoms with Gasteiger partial charge < -0.3 is 15.0 Å². The Labute approximate surface area is 185 Å². The minimum atomic E-state index is -0.304. The van der Waals surface area contributed by atoms with E-state index in [1.54, 1.807) is 56.9 Å². The van der Waals surface area contributed by atoms with E-state index in [-0.39, 0.29) is 18.4 Å². The molecule has 0 bridgehead atoms. The van der Waals surface area contributed by atoms with Crippen molar-refractivity contribution in [2.24, 2.45) is 0 Å². The Morgan fingerprint density at radius 2 is 1.78 bits per heavy atom. The van der Waals surface area contributed by atoms with Gasteiger partial charge in [0.15, 0.2) is 0 Å². The van der Waals surface area contributed by atoms with E-state index in [9.17, 15) is 9.59 Å². The van der Waals surface area contributed by atoms with Crippen LogP contribution in [0, 0.1) is 0 Å². The molecule has 32 heavy (non-hydrogen) atoms. The number of likely N-dealkylation sites (N-methyl/N-ethyl adjacent to an activating group) is 1. The number of aromatic nitrogens is 2. The lowest BCUT2D eigenvalue weighted by molar-refractivity contribution is -0.116. The number of fused-ring (bicyclic) bond motifs is 1. The minimum Gasteiger partial charge on any atom is -0.497 e. The van der Waals surface area contributed by atoms with Crippen molar-refractivity contribution < 1.29 is 14.3 Å². The summed E-state index contributed by atoms with van der Waals surface area (Å²) in [4.78, 5) is 36.0. The topological polar surface area (TPSA) is 84.4 Å². The Hall–Kier alpha value is -4.26. The van der Waals surface area contributed by atoms with E-state index in [4.69, 9.17) is 9.72 Å².